The highest BCUT2D eigenvalue weighted by Gasteiger charge is 2.22. The summed E-state index contributed by atoms with van der Waals surface area (Å²) in [5.41, 5.74) is 0. The van der Waals surface area contributed by atoms with Gasteiger partial charge in [-0.2, -0.15) is 0 Å². The van der Waals surface area contributed by atoms with E-state index in [4.69, 9.17) is 0 Å². The van der Waals surface area contributed by atoms with Crippen molar-refractivity contribution in [1.82, 2.24) is 4.90 Å². The van der Waals surface area contributed by atoms with Crippen LogP contribution in [0.25, 0.3) is 0 Å². The van der Waals surface area contributed by atoms with Crippen molar-refractivity contribution in [3.63, 3.8) is 0 Å². The summed E-state index contributed by atoms with van der Waals surface area (Å²) in [6.07, 6.45) is 2.77. The molecule has 1 atom stereocenters. The Morgan fingerprint density at radius 3 is 2.87 bits per heavy atom. The van der Waals surface area contributed by atoms with E-state index in [2.05, 4.69) is 42.2 Å². The summed E-state index contributed by atoms with van der Waals surface area (Å²) in [4.78, 5) is 4.01. The van der Waals surface area contributed by atoms with Crippen LogP contribution in [-0.2, 0) is 0 Å². The standard InChI is InChI=1S/C13H19NS/c1-2-14-10-6-7-12(14)11-15-13-8-4-3-5-9-13/h3-5,8-9,12H,2,6-7,10-11H2,1H3. The molecule has 1 saturated heterocycles. The molecule has 1 aliphatic heterocycles. The zero-order chi connectivity index (χ0) is 10.5. The molecule has 1 aromatic rings. The lowest BCUT2D eigenvalue weighted by Gasteiger charge is -2.22. The number of likely N-dealkylation sites (tertiary alicyclic amines) is 1. The van der Waals surface area contributed by atoms with Gasteiger partial charge < -0.3 is 0 Å². The molecule has 0 amide bonds. The summed E-state index contributed by atoms with van der Waals surface area (Å²) in [6, 6.07) is 11.5. The van der Waals surface area contributed by atoms with E-state index in [1.54, 1.807) is 0 Å². The van der Waals surface area contributed by atoms with Gasteiger partial charge in [-0.3, -0.25) is 4.90 Å². The maximum atomic E-state index is 2.61. The number of hydrogen-bond donors (Lipinski definition) is 0. The second kappa shape index (κ2) is 5.57. The predicted molar refractivity (Wildman–Crippen MR) is 67.4 cm³/mol. The fraction of sp³-hybridized carbons (Fsp3) is 0.538. The minimum Gasteiger partial charge on any atom is -0.300 e. The maximum absolute atomic E-state index is 2.61. The largest absolute Gasteiger partial charge is 0.300 e. The molecule has 0 spiro atoms. The Morgan fingerprint density at radius 2 is 2.13 bits per heavy atom. The fourth-order valence-corrected chi connectivity index (χ4v) is 3.32. The van der Waals surface area contributed by atoms with E-state index >= 15 is 0 Å². The molecule has 1 nitrogen and oxygen atoms in total. The molecule has 0 N–H and O–H groups in total. The Labute approximate surface area is 96.9 Å². The average molecular weight is 221 g/mol. The van der Waals surface area contributed by atoms with Crippen molar-refractivity contribution in [2.75, 3.05) is 18.8 Å². The van der Waals surface area contributed by atoms with Crippen LogP contribution < -0.4 is 0 Å². The third-order valence-corrected chi connectivity index (χ3v) is 4.25. The zero-order valence-electron chi connectivity index (χ0n) is 9.36. The van der Waals surface area contributed by atoms with Gasteiger partial charge in [0.05, 0.1) is 0 Å². The van der Waals surface area contributed by atoms with Crippen molar-refractivity contribution < 1.29 is 0 Å². The van der Waals surface area contributed by atoms with Crippen LogP contribution in [0.15, 0.2) is 35.2 Å². The summed E-state index contributed by atoms with van der Waals surface area (Å²) in [5.74, 6) is 1.25. The van der Waals surface area contributed by atoms with Gasteiger partial charge in [-0.05, 0) is 38.1 Å². The SMILES string of the molecule is CCN1CCCC1CSc1ccccc1. The van der Waals surface area contributed by atoms with Crippen molar-refractivity contribution in [3.05, 3.63) is 30.3 Å². The number of thioether (sulfide) groups is 1. The minimum absolute atomic E-state index is 0.806. The molecule has 1 heterocycles. The van der Waals surface area contributed by atoms with Gasteiger partial charge in [-0.1, -0.05) is 25.1 Å². The zero-order valence-corrected chi connectivity index (χ0v) is 10.2. The van der Waals surface area contributed by atoms with Gasteiger partial charge in [0, 0.05) is 16.7 Å². The summed E-state index contributed by atoms with van der Waals surface area (Å²) < 4.78 is 0. The van der Waals surface area contributed by atoms with Crippen LogP contribution in [0.4, 0.5) is 0 Å². The van der Waals surface area contributed by atoms with Gasteiger partial charge in [0.15, 0.2) is 0 Å². The van der Waals surface area contributed by atoms with Gasteiger partial charge in [0.25, 0.3) is 0 Å². The molecule has 0 saturated carbocycles. The summed E-state index contributed by atoms with van der Waals surface area (Å²) in [5, 5.41) is 0. The molecule has 0 aromatic heterocycles. The van der Waals surface area contributed by atoms with Crippen LogP contribution >= 0.6 is 11.8 Å². The topological polar surface area (TPSA) is 3.24 Å². The average Bonchev–Trinajstić information content (AvgIpc) is 2.75. The quantitative estimate of drug-likeness (QED) is 0.718. The summed E-state index contributed by atoms with van der Waals surface area (Å²) >= 11 is 2.00. The van der Waals surface area contributed by atoms with E-state index in [9.17, 15) is 0 Å². The lowest BCUT2D eigenvalue weighted by atomic mass is 10.2. The Bertz CT molecular complexity index is 286. The predicted octanol–water partition coefficient (Wildman–Crippen LogP) is 3.26. The normalized spacial score (nSPS) is 22.1. The second-order valence-corrected chi connectivity index (χ2v) is 5.14. The van der Waals surface area contributed by atoms with Crippen LogP contribution in [-0.4, -0.2) is 29.8 Å². The Balaban J connectivity index is 1.83. The van der Waals surface area contributed by atoms with Crippen molar-refractivity contribution in [1.29, 1.82) is 0 Å². The molecule has 1 unspecified atom stereocenters. The molecular weight excluding hydrogens is 202 g/mol. The fourth-order valence-electron chi connectivity index (χ4n) is 2.21. The van der Waals surface area contributed by atoms with Crippen LogP contribution in [0.1, 0.15) is 19.8 Å². The lowest BCUT2D eigenvalue weighted by molar-refractivity contribution is 0.287. The highest BCUT2D eigenvalue weighted by Crippen LogP contribution is 2.25. The van der Waals surface area contributed by atoms with E-state index in [1.807, 2.05) is 11.8 Å². The monoisotopic (exact) mass is 221 g/mol. The smallest absolute Gasteiger partial charge is 0.0190 e. The third kappa shape index (κ3) is 2.99. The van der Waals surface area contributed by atoms with Crippen LogP contribution in [0.3, 0.4) is 0 Å². The van der Waals surface area contributed by atoms with Gasteiger partial charge in [-0.15, -0.1) is 11.8 Å². The van der Waals surface area contributed by atoms with E-state index in [-0.39, 0.29) is 0 Å². The first-order valence-electron chi connectivity index (χ1n) is 5.82. The first-order chi connectivity index (χ1) is 7.40. The minimum atomic E-state index is 0.806. The van der Waals surface area contributed by atoms with Crippen molar-refractivity contribution >= 4 is 11.8 Å². The first kappa shape index (κ1) is 11.0. The van der Waals surface area contributed by atoms with Crippen molar-refractivity contribution in [3.8, 4) is 0 Å². The summed E-state index contributed by atoms with van der Waals surface area (Å²) in [7, 11) is 0. The maximum Gasteiger partial charge on any atom is 0.0190 e. The number of nitrogens with zero attached hydrogens (tertiary/aromatic N) is 1. The van der Waals surface area contributed by atoms with Gasteiger partial charge in [0.1, 0.15) is 0 Å². The number of benzene rings is 1. The van der Waals surface area contributed by atoms with Crippen LogP contribution in [0.5, 0.6) is 0 Å². The third-order valence-electron chi connectivity index (χ3n) is 3.09. The van der Waals surface area contributed by atoms with Gasteiger partial charge >= 0.3 is 0 Å². The molecular formula is C13H19NS. The molecule has 0 radical (unpaired) electrons. The molecule has 2 rings (SSSR count). The molecule has 1 fully saturated rings. The van der Waals surface area contributed by atoms with E-state index < -0.39 is 0 Å². The Hall–Kier alpha value is -0.470. The highest BCUT2D eigenvalue weighted by atomic mass is 32.2. The Kier molecular flexibility index (Phi) is 4.09. The molecule has 0 bridgehead atoms. The van der Waals surface area contributed by atoms with Crippen molar-refractivity contribution in [2.24, 2.45) is 0 Å². The van der Waals surface area contributed by atoms with Gasteiger partial charge in [0.2, 0.25) is 0 Å². The lowest BCUT2D eigenvalue weighted by Crippen LogP contribution is -2.30. The van der Waals surface area contributed by atoms with E-state index in [0.29, 0.717) is 0 Å². The van der Waals surface area contributed by atoms with Gasteiger partial charge in [-0.25, -0.2) is 0 Å². The first-order valence-corrected chi connectivity index (χ1v) is 6.80. The van der Waals surface area contributed by atoms with Crippen LogP contribution in [0, 0.1) is 0 Å². The van der Waals surface area contributed by atoms with E-state index in [0.717, 1.165) is 6.04 Å². The number of rotatable bonds is 4. The molecule has 2 heteroatoms. The van der Waals surface area contributed by atoms with Crippen molar-refractivity contribution in [2.45, 2.75) is 30.7 Å². The second-order valence-electron chi connectivity index (χ2n) is 4.05. The molecule has 0 aliphatic carbocycles. The molecule has 82 valence electrons. The molecule has 1 aliphatic rings. The highest BCUT2D eigenvalue weighted by molar-refractivity contribution is 7.99. The summed E-state index contributed by atoms with van der Waals surface area (Å²) in [6.45, 7) is 4.78. The molecule has 1 aromatic carbocycles. The number of hydrogen-bond acceptors (Lipinski definition) is 2. The Morgan fingerprint density at radius 1 is 1.33 bits per heavy atom. The van der Waals surface area contributed by atoms with E-state index in [1.165, 1.54) is 36.6 Å². The van der Waals surface area contributed by atoms with Crippen LogP contribution in [0.2, 0.25) is 0 Å². The molecule has 15 heavy (non-hydrogen) atoms.